The van der Waals surface area contributed by atoms with E-state index in [2.05, 4.69) is 10.1 Å². The van der Waals surface area contributed by atoms with Gasteiger partial charge in [-0.1, -0.05) is 23.4 Å². The maximum atomic E-state index is 13.7. The van der Waals surface area contributed by atoms with Gasteiger partial charge in [-0.25, -0.2) is 0 Å². The monoisotopic (exact) mass is 453 g/mol. The van der Waals surface area contributed by atoms with Crippen molar-refractivity contribution in [3.05, 3.63) is 94.4 Å². The number of fused-ring (bicyclic) bond motifs is 1. The number of nitrogens with zero attached hydrogens (tertiary/aromatic N) is 3. The van der Waals surface area contributed by atoms with E-state index in [9.17, 15) is 9.90 Å². The number of phenolic OH excluding ortho intramolecular Hbond substituents is 1. The number of phenols is 1. The first-order valence-corrected chi connectivity index (χ1v) is 10.8. The molecule has 1 N–H and O–H groups in total. The molecule has 0 bridgehead atoms. The van der Waals surface area contributed by atoms with Crippen molar-refractivity contribution < 1.29 is 14.4 Å². The van der Waals surface area contributed by atoms with E-state index in [-0.39, 0.29) is 11.3 Å². The highest BCUT2D eigenvalue weighted by Gasteiger charge is 2.20. The number of hydrogen-bond acceptors (Lipinski definition) is 6. The SMILES string of the molecule is COc1cc2c(cc1-c1c(C)noc1C)cc(-c1ccc(O)cc1)c(=O)n2Cc1ccccn1. The average molecular weight is 453 g/mol. The van der Waals surface area contributed by atoms with E-state index in [1.807, 2.05) is 50.2 Å². The summed E-state index contributed by atoms with van der Waals surface area (Å²) in [6.45, 7) is 4.05. The van der Waals surface area contributed by atoms with Crippen molar-refractivity contribution in [3.8, 4) is 33.8 Å². The van der Waals surface area contributed by atoms with Crippen LogP contribution in [0.4, 0.5) is 0 Å². The fraction of sp³-hybridized carbons (Fsp3) is 0.148. The number of methoxy groups -OCH3 is 1. The molecule has 2 aromatic carbocycles. The highest BCUT2D eigenvalue weighted by Crippen LogP contribution is 2.38. The highest BCUT2D eigenvalue weighted by molar-refractivity contribution is 5.92. The third-order valence-electron chi connectivity index (χ3n) is 5.94. The summed E-state index contributed by atoms with van der Waals surface area (Å²) in [5, 5.41) is 14.7. The molecule has 0 spiro atoms. The van der Waals surface area contributed by atoms with E-state index >= 15 is 0 Å². The molecule has 3 aromatic heterocycles. The summed E-state index contributed by atoms with van der Waals surface area (Å²) in [6, 6.07) is 18.0. The molecule has 0 radical (unpaired) electrons. The first-order valence-electron chi connectivity index (χ1n) is 10.8. The van der Waals surface area contributed by atoms with E-state index in [1.165, 1.54) is 0 Å². The van der Waals surface area contributed by atoms with Crippen LogP contribution < -0.4 is 10.3 Å². The van der Waals surface area contributed by atoms with E-state index < -0.39 is 0 Å². The fourth-order valence-electron chi connectivity index (χ4n) is 4.30. The molecule has 0 fully saturated rings. The Kier molecular flexibility index (Phi) is 5.37. The lowest BCUT2D eigenvalue weighted by Gasteiger charge is -2.16. The minimum atomic E-state index is -0.156. The zero-order valence-electron chi connectivity index (χ0n) is 19.1. The molecule has 0 saturated heterocycles. The number of rotatable bonds is 5. The van der Waals surface area contributed by atoms with Crippen LogP contribution in [0.2, 0.25) is 0 Å². The van der Waals surface area contributed by atoms with Crippen molar-refractivity contribution >= 4 is 10.9 Å². The lowest BCUT2D eigenvalue weighted by atomic mass is 9.98. The molecule has 5 rings (SSSR count). The average Bonchev–Trinajstić information content (AvgIpc) is 3.19. The summed E-state index contributed by atoms with van der Waals surface area (Å²) in [4.78, 5) is 18.1. The van der Waals surface area contributed by atoms with Gasteiger partial charge in [0.25, 0.3) is 5.56 Å². The van der Waals surface area contributed by atoms with Gasteiger partial charge >= 0.3 is 0 Å². The Morgan fingerprint density at radius 1 is 1.03 bits per heavy atom. The Morgan fingerprint density at radius 3 is 2.44 bits per heavy atom. The normalized spacial score (nSPS) is 11.1. The minimum absolute atomic E-state index is 0.142. The maximum Gasteiger partial charge on any atom is 0.259 e. The Labute approximate surface area is 195 Å². The van der Waals surface area contributed by atoms with Gasteiger partial charge in [0.1, 0.15) is 17.3 Å². The zero-order valence-corrected chi connectivity index (χ0v) is 19.1. The summed E-state index contributed by atoms with van der Waals surface area (Å²) in [6.07, 6.45) is 1.71. The van der Waals surface area contributed by atoms with Gasteiger partial charge in [0, 0.05) is 23.4 Å². The van der Waals surface area contributed by atoms with Crippen LogP contribution in [0.25, 0.3) is 33.2 Å². The van der Waals surface area contributed by atoms with Gasteiger partial charge in [0.2, 0.25) is 0 Å². The Bertz CT molecular complexity index is 1530. The number of aromatic nitrogens is 3. The molecule has 5 aromatic rings. The van der Waals surface area contributed by atoms with E-state index in [0.29, 0.717) is 29.2 Å². The summed E-state index contributed by atoms with van der Waals surface area (Å²) in [7, 11) is 1.61. The molecule has 0 unspecified atom stereocenters. The molecule has 0 aliphatic rings. The number of aryl methyl sites for hydroxylation is 2. The van der Waals surface area contributed by atoms with Crippen molar-refractivity contribution in [1.29, 1.82) is 0 Å². The molecular formula is C27H23N3O4. The quantitative estimate of drug-likeness (QED) is 0.398. The second-order valence-electron chi connectivity index (χ2n) is 8.13. The number of hydrogen-bond donors (Lipinski definition) is 1. The standard InChI is InChI=1S/C27H23N3O4/c1-16-26(17(2)34-29-16)23-13-19-12-22(18-7-9-21(31)10-8-18)27(32)30(24(19)14-25(23)33-3)15-20-6-4-5-11-28-20/h4-14,31H,15H2,1-3H3. The van der Waals surface area contributed by atoms with Crippen molar-refractivity contribution in [2.45, 2.75) is 20.4 Å². The highest BCUT2D eigenvalue weighted by atomic mass is 16.5. The Morgan fingerprint density at radius 2 is 1.79 bits per heavy atom. The lowest BCUT2D eigenvalue weighted by Crippen LogP contribution is -2.23. The summed E-state index contributed by atoms with van der Waals surface area (Å²) < 4.78 is 12.8. The largest absolute Gasteiger partial charge is 0.508 e. The van der Waals surface area contributed by atoms with Crippen LogP contribution >= 0.6 is 0 Å². The van der Waals surface area contributed by atoms with Crippen LogP contribution in [0.5, 0.6) is 11.5 Å². The van der Waals surface area contributed by atoms with E-state index in [0.717, 1.165) is 33.4 Å². The van der Waals surface area contributed by atoms with Gasteiger partial charge in [-0.3, -0.25) is 9.78 Å². The predicted octanol–water partition coefficient (Wildman–Crippen LogP) is 5.10. The van der Waals surface area contributed by atoms with E-state index in [1.54, 1.807) is 42.1 Å². The Balaban J connectivity index is 1.82. The van der Waals surface area contributed by atoms with Crippen LogP contribution in [-0.2, 0) is 6.54 Å². The molecule has 0 amide bonds. The molecule has 34 heavy (non-hydrogen) atoms. The summed E-state index contributed by atoms with van der Waals surface area (Å²) in [5.41, 5.74) is 5.05. The summed E-state index contributed by atoms with van der Waals surface area (Å²) >= 11 is 0. The Hall–Kier alpha value is -4.39. The van der Waals surface area contributed by atoms with Crippen molar-refractivity contribution in [2.75, 3.05) is 7.11 Å². The lowest BCUT2D eigenvalue weighted by molar-refractivity contribution is 0.393. The van der Waals surface area contributed by atoms with Crippen LogP contribution in [0.1, 0.15) is 17.1 Å². The molecule has 170 valence electrons. The van der Waals surface area contributed by atoms with Gasteiger partial charge in [-0.2, -0.15) is 0 Å². The second kappa shape index (κ2) is 8.51. The number of pyridine rings is 2. The van der Waals surface area contributed by atoms with Gasteiger partial charge in [-0.05, 0) is 61.2 Å². The molecule has 0 aliphatic heterocycles. The first-order chi connectivity index (χ1) is 16.5. The third kappa shape index (κ3) is 3.71. The molecule has 0 saturated carbocycles. The van der Waals surface area contributed by atoms with E-state index in [4.69, 9.17) is 9.26 Å². The van der Waals surface area contributed by atoms with Crippen molar-refractivity contribution in [3.63, 3.8) is 0 Å². The zero-order chi connectivity index (χ0) is 23.8. The smallest absolute Gasteiger partial charge is 0.259 e. The van der Waals surface area contributed by atoms with Crippen molar-refractivity contribution in [2.24, 2.45) is 0 Å². The first kappa shape index (κ1) is 21.5. The molecule has 3 heterocycles. The van der Waals surface area contributed by atoms with Crippen molar-refractivity contribution in [1.82, 2.24) is 14.7 Å². The number of ether oxygens (including phenoxy) is 1. The van der Waals surface area contributed by atoms with Gasteiger partial charge in [0.15, 0.2) is 0 Å². The molecule has 0 atom stereocenters. The molecule has 7 heteroatoms. The van der Waals surface area contributed by atoms with Crippen LogP contribution in [-0.4, -0.2) is 26.9 Å². The second-order valence-corrected chi connectivity index (χ2v) is 8.13. The van der Waals surface area contributed by atoms with Gasteiger partial charge < -0.3 is 18.9 Å². The molecular weight excluding hydrogens is 430 g/mol. The number of aromatic hydroxyl groups is 1. The topological polar surface area (TPSA) is 90.4 Å². The molecule has 7 nitrogen and oxygen atoms in total. The maximum absolute atomic E-state index is 13.7. The molecule has 0 aliphatic carbocycles. The van der Waals surface area contributed by atoms with Gasteiger partial charge in [0.05, 0.1) is 36.1 Å². The summed E-state index contributed by atoms with van der Waals surface area (Å²) in [5.74, 6) is 1.45. The van der Waals surface area contributed by atoms with Crippen LogP contribution in [0, 0.1) is 13.8 Å². The van der Waals surface area contributed by atoms with Crippen LogP contribution in [0.3, 0.4) is 0 Å². The third-order valence-corrected chi connectivity index (χ3v) is 5.94. The van der Waals surface area contributed by atoms with Gasteiger partial charge in [-0.15, -0.1) is 0 Å². The predicted molar refractivity (Wildman–Crippen MR) is 130 cm³/mol. The minimum Gasteiger partial charge on any atom is -0.508 e. The fourth-order valence-corrected chi connectivity index (χ4v) is 4.30. The van der Waals surface area contributed by atoms with Crippen LogP contribution in [0.15, 0.2) is 76.2 Å². The number of benzene rings is 2.